The fourth-order valence-corrected chi connectivity index (χ4v) is 2.59. The van der Waals surface area contributed by atoms with E-state index in [1.165, 1.54) is 18.9 Å². The highest BCUT2D eigenvalue weighted by molar-refractivity contribution is 5.88. The summed E-state index contributed by atoms with van der Waals surface area (Å²) in [5.74, 6) is -1.54. The van der Waals surface area contributed by atoms with Crippen LogP contribution in [0.2, 0.25) is 0 Å². The number of ether oxygens (including phenoxy) is 1. The lowest BCUT2D eigenvalue weighted by atomic mass is 9.96. The SMILES string of the molecule is CCCC(C)(NC(=O)N1CCCCC1C(=O)OC)C(=O)O. The van der Waals surface area contributed by atoms with Gasteiger partial charge in [-0.3, -0.25) is 0 Å². The van der Waals surface area contributed by atoms with Gasteiger partial charge in [0.05, 0.1) is 7.11 Å². The predicted octanol–water partition coefficient (Wildman–Crippen LogP) is 1.37. The van der Waals surface area contributed by atoms with Crippen LogP contribution in [0, 0.1) is 0 Å². The third-order valence-corrected chi connectivity index (χ3v) is 3.84. The number of hydrogen-bond donors (Lipinski definition) is 2. The quantitative estimate of drug-likeness (QED) is 0.747. The van der Waals surface area contributed by atoms with Crippen molar-refractivity contribution in [3.05, 3.63) is 0 Å². The van der Waals surface area contributed by atoms with Crippen LogP contribution in [0.25, 0.3) is 0 Å². The van der Waals surface area contributed by atoms with Crippen molar-refractivity contribution in [1.82, 2.24) is 10.2 Å². The molecule has 21 heavy (non-hydrogen) atoms. The highest BCUT2D eigenvalue weighted by Crippen LogP contribution is 2.20. The molecule has 1 rings (SSSR count). The zero-order valence-electron chi connectivity index (χ0n) is 12.8. The molecule has 2 N–H and O–H groups in total. The number of aliphatic carboxylic acids is 1. The summed E-state index contributed by atoms with van der Waals surface area (Å²) in [7, 11) is 1.28. The number of methoxy groups -OCH3 is 1. The summed E-state index contributed by atoms with van der Waals surface area (Å²) in [6.45, 7) is 3.76. The second-order valence-corrected chi connectivity index (χ2v) is 5.55. The van der Waals surface area contributed by atoms with E-state index in [1.54, 1.807) is 0 Å². The third kappa shape index (κ3) is 4.09. The number of carboxylic acid groups (broad SMARTS) is 1. The molecule has 0 bridgehead atoms. The fraction of sp³-hybridized carbons (Fsp3) is 0.786. The molecular formula is C14H24N2O5. The molecule has 0 saturated carbocycles. The van der Waals surface area contributed by atoms with Crippen LogP contribution in [-0.2, 0) is 14.3 Å². The van der Waals surface area contributed by atoms with Gasteiger partial charge in [0.2, 0.25) is 0 Å². The number of likely N-dealkylation sites (tertiary alicyclic amines) is 1. The van der Waals surface area contributed by atoms with Crippen molar-refractivity contribution < 1.29 is 24.2 Å². The molecule has 0 radical (unpaired) electrons. The van der Waals surface area contributed by atoms with Crippen LogP contribution in [0.15, 0.2) is 0 Å². The molecule has 0 aromatic heterocycles. The lowest BCUT2D eigenvalue weighted by molar-refractivity contribution is -0.147. The number of carbonyl (C=O) groups excluding carboxylic acids is 2. The summed E-state index contributed by atoms with van der Waals surface area (Å²) in [6.07, 6.45) is 3.12. The lowest BCUT2D eigenvalue weighted by Gasteiger charge is -2.36. The number of piperidine rings is 1. The molecule has 1 heterocycles. The first-order valence-electron chi connectivity index (χ1n) is 7.25. The number of urea groups is 1. The van der Waals surface area contributed by atoms with Gasteiger partial charge in [-0.1, -0.05) is 13.3 Å². The Balaban J connectivity index is 2.84. The molecule has 0 aromatic carbocycles. The van der Waals surface area contributed by atoms with E-state index >= 15 is 0 Å². The predicted molar refractivity (Wildman–Crippen MR) is 75.8 cm³/mol. The van der Waals surface area contributed by atoms with Gasteiger partial charge in [-0.05, 0) is 32.6 Å². The van der Waals surface area contributed by atoms with E-state index in [2.05, 4.69) is 5.32 Å². The maximum Gasteiger partial charge on any atom is 0.329 e. The second kappa shape index (κ2) is 7.28. The summed E-state index contributed by atoms with van der Waals surface area (Å²) < 4.78 is 4.72. The van der Waals surface area contributed by atoms with E-state index in [9.17, 15) is 19.5 Å². The van der Waals surface area contributed by atoms with E-state index in [0.717, 1.165) is 12.8 Å². The fourth-order valence-electron chi connectivity index (χ4n) is 2.59. The Labute approximate surface area is 124 Å². The number of nitrogens with one attached hydrogen (secondary N) is 1. The Morgan fingerprint density at radius 2 is 2.05 bits per heavy atom. The van der Waals surface area contributed by atoms with Gasteiger partial charge in [-0.15, -0.1) is 0 Å². The van der Waals surface area contributed by atoms with Gasteiger partial charge in [0, 0.05) is 6.54 Å². The zero-order valence-corrected chi connectivity index (χ0v) is 12.8. The maximum atomic E-state index is 12.4. The maximum absolute atomic E-state index is 12.4. The first-order valence-corrected chi connectivity index (χ1v) is 7.25. The molecule has 1 saturated heterocycles. The van der Waals surface area contributed by atoms with Crippen LogP contribution in [0.3, 0.4) is 0 Å². The van der Waals surface area contributed by atoms with Crippen molar-refractivity contribution in [3.63, 3.8) is 0 Å². The van der Waals surface area contributed by atoms with Crippen molar-refractivity contribution in [3.8, 4) is 0 Å². The highest BCUT2D eigenvalue weighted by Gasteiger charge is 2.39. The number of nitrogens with zero attached hydrogens (tertiary/aromatic N) is 1. The number of hydrogen-bond acceptors (Lipinski definition) is 4. The van der Waals surface area contributed by atoms with Gasteiger partial charge in [0.15, 0.2) is 0 Å². The number of carboxylic acids is 1. The summed E-state index contributed by atoms with van der Waals surface area (Å²) in [5.41, 5.74) is -1.33. The van der Waals surface area contributed by atoms with Crippen LogP contribution in [0.1, 0.15) is 46.0 Å². The summed E-state index contributed by atoms with van der Waals surface area (Å²) in [6, 6.07) is -1.16. The lowest BCUT2D eigenvalue weighted by Crippen LogP contribution is -2.59. The van der Waals surface area contributed by atoms with Crippen molar-refractivity contribution in [2.24, 2.45) is 0 Å². The number of amides is 2. The first kappa shape index (κ1) is 17.3. The van der Waals surface area contributed by atoms with E-state index in [0.29, 0.717) is 25.8 Å². The Morgan fingerprint density at radius 3 is 2.57 bits per heavy atom. The molecule has 120 valence electrons. The Hall–Kier alpha value is -1.79. The molecule has 1 aliphatic heterocycles. The molecular weight excluding hydrogens is 276 g/mol. The third-order valence-electron chi connectivity index (χ3n) is 3.84. The molecule has 7 heteroatoms. The average Bonchev–Trinajstić information content (AvgIpc) is 2.46. The minimum Gasteiger partial charge on any atom is -0.480 e. The molecule has 0 aliphatic carbocycles. The summed E-state index contributed by atoms with van der Waals surface area (Å²) in [5, 5.41) is 11.9. The van der Waals surface area contributed by atoms with Gasteiger partial charge in [0.1, 0.15) is 11.6 Å². The number of esters is 1. The Kier molecular flexibility index (Phi) is 5.99. The Morgan fingerprint density at radius 1 is 1.38 bits per heavy atom. The highest BCUT2D eigenvalue weighted by atomic mass is 16.5. The molecule has 7 nitrogen and oxygen atoms in total. The van der Waals surface area contributed by atoms with Crippen molar-refractivity contribution in [2.75, 3.05) is 13.7 Å². The minimum atomic E-state index is -1.33. The molecule has 2 atom stereocenters. The van der Waals surface area contributed by atoms with Gasteiger partial charge in [-0.2, -0.15) is 0 Å². The van der Waals surface area contributed by atoms with Crippen molar-refractivity contribution >= 4 is 18.0 Å². The van der Waals surface area contributed by atoms with Crippen LogP contribution in [-0.4, -0.2) is 53.2 Å². The van der Waals surface area contributed by atoms with E-state index in [-0.39, 0.29) is 0 Å². The van der Waals surface area contributed by atoms with Gasteiger partial charge in [0.25, 0.3) is 0 Å². The Bertz CT molecular complexity index is 412. The number of carbonyl (C=O) groups is 3. The molecule has 2 unspecified atom stereocenters. The smallest absolute Gasteiger partial charge is 0.329 e. The van der Waals surface area contributed by atoms with E-state index in [1.807, 2.05) is 6.92 Å². The largest absolute Gasteiger partial charge is 0.480 e. The zero-order chi connectivity index (χ0) is 16.0. The second-order valence-electron chi connectivity index (χ2n) is 5.55. The van der Waals surface area contributed by atoms with E-state index < -0.39 is 29.6 Å². The average molecular weight is 300 g/mol. The van der Waals surface area contributed by atoms with Gasteiger partial charge in [-0.25, -0.2) is 14.4 Å². The molecule has 2 amide bonds. The molecule has 1 fully saturated rings. The van der Waals surface area contributed by atoms with Crippen LogP contribution >= 0.6 is 0 Å². The normalized spacial score (nSPS) is 21.3. The van der Waals surface area contributed by atoms with Gasteiger partial charge >= 0.3 is 18.0 Å². The van der Waals surface area contributed by atoms with Gasteiger partial charge < -0.3 is 20.1 Å². The number of rotatable bonds is 5. The van der Waals surface area contributed by atoms with Crippen LogP contribution < -0.4 is 5.32 Å². The van der Waals surface area contributed by atoms with Crippen LogP contribution in [0.5, 0.6) is 0 Å². The first-order chi connectivity index (χ1) is 9.85. The summed E-state index contributed by atoms with van der Waals surface area (Å²) >= 11 is 0. The van der Waals surface area contributed by atoms with Crippen molar-refractivity contribution in [1.29, 1.82) is 0 Å². The van der Waals surface area contributed by atoms with Crippen molar-refractivity contribution in [2.45, 2.75) is 57.5 Å². The van der Waals surface area contributed by atoms with Crippen LogP contribution in [0.4, 0.5) is 4.79 Å². The minimum absolute atomic E-state index is 0.324. The molecule has 0 spiro atoms. The topological polar surface area (TPSA) is 95.9 Å². The monoisotopic (exact) mass is 300 g/mol. The standard InChI is InChI=1S/C14H24N2O5/c1-4-8-14(2,12(18)19)15-13(20)16-9-6-5-7-10(16)11(17)21-3/h10H,4-9H2,1-3H3,(H,15,20)(H,18,19). The van der Waals surface area contributed by atoms with E-state index in [4.69, 9.17) is 4.74 Å². The molecule has 0 aromatic rings. The summed E-state index contributed by atoms with van der Waals surface area (Å²) in [4.78, 5) is 36.9. The molecule has 1 aliphatic rings.